The van der Waals surface area contributed by atoms with Crippen LogP contribution in [0.3, 0.4) is 0 Å². The van der Waals surface area contributed by atoms with Gasteiger partial charge in [-0.1, -0.05) is 17.7 Å². The number of H-pyrrole nitrogens is 1. The Balaban J connectivity index is 2.09. The number of benzene rings is 1. The Morgan fingerprint density at radius 2 is 1.85 bits per heavy atom. The maximum absolute atomic E-state index is 12.2. The topological polar surface area (TPSA) is 58.1 Å². The summed E-state index contributed by atoms with van der Waals surface area (Å²) >= 11 is 5.90. The Hall–Kier alpha value is -2.01. The number of halogens is 1. The molecule has 1 N–H and O–H groups in total. The van der Waals surface area contributed by atoms with E-state index in [1.54, 1.807) is 24.3 Å². The molecule has 104 valence electrons. The van der Waals surface area contributed by atoms with Crippen molar-refractivity contribution in [1.82, 2.24) is 9.55 Å². The molecule has 0 unspecified atom stereocenters. The SMILES string of the molecule is O=c1cc(N2CCCC2)[nH]c(=O)n1-c1cccc(Cl)c1. The van der Waals surface area contributed by atoms with Crippen LogP contribution in [-0.2, 0) is 0 Å². The van der Waals surface area contributed by atoms with E-state index < -0.39 is 5.69 Å². The number of anilines is 1. The van der Waals surface area contributed by atoms with Gasteiger partial charge < -0.3 is 4.90 Å². The fraction of sp³-hybridized carbons (Fsp3) is 0.286. The summed E-state index contributed by atoms with van der Waals surface area (Å²) in [6.45, 7) is 1.74. The van der Waals surface area contributed by atoms with Crippen LogP contribution in [0.1, 0.15) is 12.8 Å². The molecule has 1 aliphatic rings. The van der Waals surface area contributed by atoms with Crippen molar-refractivity contribution in [2.24, 2.45) is 0 Å². The van der Waals surface area contributed by atoms with Gasteiger partial charge >= 0.3 is 5.69 Å². The molecule has 5 nitrogen and oxygen atoms in total. The van der Waals surface area contributed by atoms with Crippen LogP contribution >= 0.6 is 11.6 Å². The molecule has 0 bridgehead atoms. The van der Waals surface area contributed by atoms with E-state index in [0.717, 1.165) is 30.5 Å². The molecular formula is C14H14ClN3O2. The highest BCUT2D eigenvalue weighted by Gasteiger charge is 2.15. The molecule has 1 aromatic heterocycles. The van der Waals surface area contributed by atoms with Gasteiger partial charge in [-0.15, -0.1) is 0 Å². The van der Waals surface area contributed by atoms with Crippen LogP contribution < -0.4 is 16.1 Å². The molecule has 20 heavy (non-hydrogen) atoms. The van der Waals surface area contributed by atoms with Crippen molar-refractivity contribution in [2.75, 3.05) is 18.0 Å². The molecule has 0 spiro atoms. The Labute approximate surface area is 120 Å². The van der Waals surface area contributed by atoms with Crippen molar-refractivity contribution in [3.8, 4) is 5.69 Å². The summed E-state index contributed by atoms with van der Waals surface area (Å²) in [6.07, 6.45) is 2.17. The maximum atomic E-state index is 12.2. The van der Waals surface area contributed by atoms with E-state index in [0.29, 0.717) is 16.5 Å². The summed E-state index contributed by atoms with van der Waals surface area (Å²) in [5, 5.41) is 0.484. The lowest BCUT2D eigenvalue weighted by molar-refractivity contribution is 0.840. The Morgan fingerprint density at radius 1 is 1.10 bits per heavy atom. The van der Waals surface area contributed by atoms with E-state index in [-0.39, 0.29) is 5.56 Å². The first-order valence-electron chi connectivity index (χ1n) is 6.52. The first kappa shape index (κ1) is 13.0. The number of aromatic nitrogens is 2. The molecule has 1 fully saturated rings. The van der Waals surface area contributed by atoms with E-state index >= 15 is 0 Å². The van der Waals surface area contributed by atoms with Gasteiger partial charge in [0.1, 0.15) is 5.82 Å². The van der Waals surface area contributed by atoms with Gasteiger partial charge in [0.25, 0.3) is 5.56 Å². The third kappa shape index (κ3) is 2.36. The summed E-state index contributed by atoms with van der Waals surface area (Å²) in [6, 6.07) is 8.14. The minimum Gasteiger partial charge on any atom is -0.358 e. The molecule has 1 aromatic carbocycles. The van der Waals surface area contributed by atoms with E-state index in [1.165, 1.54) is 6.07 Å². The standard InChI is InChI=1S/C14H14ClN3O2/c15-10-4-3-5-11(8-10)18-13(19)9-12(16-14(18)20)17-6-1-2-7-17/h3-5,8-9H,1-2,6-7H2,(H,16,20). The predicted molar refractivity (Wildman–Crippen MR) is 79.1 cm³/mol. The lowest BCUT2D eigenvalue weighted by Gasteiger charge is -2.17. The van der Waals surface area contributed by atoms with Crippen LogP contribution in [0.2, 0.25) is 5.02 Å². The van der Waals surface area contributed by atoms with Crippen molar-refractivity contribution >= 4 is 17.4 Å². The van der Waals surface area contributed by atoms with Gasteiger partial charge in [0.2, 0.25) is 0 Å². The summed E-state index contributed by atoms with van der Waals surface area (Å²) in [5.41, 5.74) is -0.323. The van der Waals surface area contributed by atoms with E-state index in [2.05, 4.69) is 4.98 Å². The smallest absolute Gasteiger partial charge is 0.334 e. The maximum Gasteiger partial charge on any atom is 0.334 e. The van der Waals surface area contributed by atoms with E-state index in [9.17, 15) is 9.59 Å². The summed E-state index contributed by atoms with van der Waals surface area (Å²) in [4.78, 5) is 29.2. The third-order valence-electron chi connectivity index (χ3n) is 3.43. The van der Waals surface area contributed by atoms with Crippen molar-refractivity contribution in [2.45, 2.75) is 12.8 Å². The molecule has 6 heteroatoms. The zero-order chi connectivity index (χ0) is 14.1. The Kier molecular flexibility index (Phi) is 3.36. The summed E-state index contributed by atoms with van der Waals surface area (Å²) in [7, 11) is 0. The quantitative estimate of drug-likeness (QED) is 0.917. The fourth-order valence-electron chi connectivity index (χ4n) is 2.47. The van der Waals surface area contributed by atoms with Crippen molar-refractivity contribution in [3.05, 3.63) is 56.2 Å². The zero-order valence-electron chi connectivity index (χ0n) is 10.8. The summed E-state index contributed by atoms with van der Waals surface area (Å²) in [5.74, 6) is 0.593. The van der Waals surface area contributed by atoms with Crippen molar-refractivity contribution in [1.29, 1.82) is 0 Å². The Morgan fingerprint density at radius 3 is 2.50 bits per heavy atom. The minimum atomic E-state index is -0.443. The van der Waals surface area contributed by atoms with Crippen LogP contribution in [0, 0.1) is 0 Å². The number of nitrogens with zero attached hydrogens (tertiary/aromatic N) is 2. The minimum absolute atomic E-state index is 0.349. The molecule has 0 atom stereocenters. The van der Waals surface area contributed by atoms with Gasteiger partial charge in [-0.3, -0.25) is 9.78 Å². The number of aromatic amines is 1. The predicted octanol–water partition coefficient (Wildman–Crippen LogP) is 1.78. The molecule has 3 rings (SSSR count). The van der Waals surface area contributed by atoms with E-state index in [1.807, 2.05) is 4.90 Å². The summed E-state index contributed by atoms with van der Waals surface area (Å²) < 4.78 is 1.09. The third-order valence-corrected chi connectivity index (χ3v) is 3.67. The van der Waals surface area contributed by atoms with Crippen molar-refractivity contribution < 1.29 is 0 Å². The lowest BCUT2D eigenvalue weighted by Crippen LogP contribution is -2.35. The second-order valence-electron chi connectivity index (χ2n) is 4.81. The molecular weight excluding hydrogens is 278 g/mol. The molecule has 1 aliphatic heterocycles. The fourth-order valence-corrected chi connectivity index (χ4v) is 2.66. The van der Waals surface area contributed by atoms with Gasteiger partial charge in [-0.2, -0.15) is 0 Å². The van der Waals surface area contributed by atoms with E-state index in [4.69, 9.17) is 11.6 Å². The average molecular weight is 292 g/mol. The highest BCUT2D eigenvalue weighted by molar-refractivity contribution is 6.30. The second-order valence-corrected chi connectivity index (χ2v) is 5.24. The molecule has 2 aromatic rings. The second kappa shape index (κ2) is 5.17. The Bertz CT molecular complexity index is 713. The van der Waals surface area contributed by atoms with Crippen molar-refractivity contribution in [3.63, 3.8) is 0 Å². The van der Waals surface area contributed by atoms with Crippen LogP contribution in [0.4, 0.5) is 5.82 Å². The van der Waals surface area contributed by atoms with Gasteiger partial charge in [-0.25, -0.2) is 9.36 Å². The van der Waals surface area contributed by atoms with Crippen LogP contribution in [0.5, 0.6) is 0 Å². The average Bonchev–Trinajstić information content (AvgIpc) is 2.91. The van der Waals surface area contributed by atoms with Crippen LogP contribution in [0.25, 0.3) is 5.69 Å². The molecule has 0 radical (unpaired) electrons. The van der Waals surface area contributed by atoms with Gasteiger partial charge in [0.15, 0.2) is 0 Å². The zero-order valence-corrected chi connectivity index (χ0v) is 11.6. The first-order valence-corrected chi connectivity index (χ1v) is 6.90. The molecule has 0 saturated carbocycles. The van der Waals surface area contributed by atoms with Gasteiger partial charge in [0.05, 0.1) is 5.69 Å². The molecule has 1 saturated heterocycles. The van der Waals surface area contributed by atoms with Gasteiger partial charge in [0, 0.05) is 24.2 Å². The number of nitrogens with one attached hydrogen (secondary N) is 1. The van der Waals surface area contributed by atoms with Gasteiger partial charge in [-0.05, 0) is 31.0 Å². The highest BCUT2D eigenvalue weighted by Crippen LogP contribution is 2.15. The number of hydrogen-bond acceptors (Lipinski definition) is 3. The monoisotopic (exact) mass is 291 g/mol. The van der Waals surface area contributed by atoms with Crippen LogP contribution in [-0.4, -0.2) is 22.6 Å². The first-order chi connectivity index (χ1) is 9.65. The number of hydrogen-bond donors (Lipinski definition) is 1. The normalized spacial score (nSPS) is 14.8. The lowest BCUT2D eigenvalue weighted by atomic mass is 10.3. The molecule has 0 amide bonds. The molecule has 0 aliphatic carbocycles. The molecule has 2 heterocycles. The highest BCUT2D eigenvalue weighted by atomic mass is 35.5. The number of rotatable bonds is 2. The largest absolute Gasteiger partial charge is 0.358 e. The van der Waals surface area contributed by atoms with Crippen LogP contribution in [0.15, 0.2) is 39.9 Å².